The lowest BCUT2D eigenvalue weighted by atomic mass is 10.0. The Bertz CT molecular complexity index is 310. The summed E-state index contributed by atoms with van der Waals surface area (Å²) < 4.78 is 1.23. The average molecular weight is 288 g/mol. The van der Waals surface area contributed by atoms with Crippen LogP contribution in [0.3, 0.4) is 0 Å². The van der Waals surface area contributed by atoms with Gasteiger partial charge in [-0.3, -0.25) is 4.90 Å². The van der Waals surface area contributed by atoms with Crippen molar-refractivity contribution in [1.29, 1.82) is 0 Å². The first-order chi connectivity index (χ1) is 7.28. The highest BCUT2D eigenvalue weighted by Gasteiger charge is 2.21. The van der Waals surface area contributed by atoms with Gasteiger partial charge in [-0.1, -0.05) is 13.3 Å². The fourth-order valence-corrected chi connectivity index (χ4v) is 3.85. The summed E-state index contributed by atoms with van der Waals surface area (Å²) in [6.45, 7) is 6.04. The average Bonchev–Trinajstić information content (AvgIpc) is 2.78. The maximum Gasteiger partial charge on any atom is 0.0328 e. The molecule has 0 aromatic carbocycles. The molecule has 2 rings (SSSR count). The lowest BCUT2D eigenvalue weighted by molar-refractivity contribution is 0.315. The lowest BCUT2D eigenvalue weighted by Crippen LogP contribution is -2.19. The van der Waals surface area contributed by atoms with Gasteiger partial charge in [-0.2, -0.15) is 0 Å². The minimum Gasteiger partial charge on any atom is -0.298 e. The Labute approximate surface area is 105 Å². The van der Waals surface area contributed by atoms with E-state index in [9.17, 15) is 0 Å². The van der Waals surface area contributed by atoms with Crippen molar-refractivity contribution >= 4 is 27.3 Å². The second-order valence-electron chi connectivity index (χ2n) is 4.41. The molecule has 1 atom stereocenters. The van der Waals surface area contributed by atoms with Crippen LogP contribution >= 0.6 is 27.3 Å². The molecule has 1 nitrogen and oxygen atoms in total. The minimum atomic E-state index is 0.957. The Kier molecular flexibility index (Phi) is 4.23. The number of halogens is 1. The van der Waals surface area contributed by atoms with Gasteiger partial charge in [0.05, 0.1) is 0 Å². The van der Waals surface area contributed by atoms with Crippen LogP contribution in [0.5, 0.6) is 0 Å². The van der Waals surface area contributed by atoms with E-state index in [1.54, 1.807) is 0 Å². The largest absolute Gasteiger partial charge is 0.298 e. The summed E-state index contributed by atoms with van der Waals surface area (Å²) in [5.41, 5.74) is 0. The molecular formula is C12H18BrNS. The summed E-state index contributed by atoms with van der Waals surface area (Å²) in [5.74, 6) is 0.957. The monoisotopic (exact) mass is 287 g/mol. The van der Waals surface area contributed by atoms with Gasteiger partial charge in [-0.05, 0) is 47.3 Å². The maximum atomic E-state index is 3.51. The van der Waals surface area contributed by atoms with Crippen molar-refractivity contribution in [3.05, 3.63) is 20.8 Å². The molecule has 0 radical (unpaired) electrons. The Hall–Kier alpha value is 0.140. The molecule has 0 aliphatic carbocycles. The van der Waals surface area contributed by atoms with Crippen molar-refractivity contribution in [2.45, 2.75) is 32.7 Å². The van der Waals surface area contributed by atoms with Crippen molar-refractivity contribution in [3.8, 4) is 0 Å². The Morgan fingerprint density at radius 2 is 2.47 bits per heavy atom. The fourth-order valence-electron chi connectivity index (χ4n) is 2.36. The van der Waals surface area contributed by atoms with Crippen LogP contribution in [0, 0.1) is 5.92 Å². The van der Waals surface area contributed by atoms with E-state index in [2.05, 4.69) is 39.2 Å². The molecule has 3 heteroatoms. The van der Waals surface area contributed by atoms with Crippen LogP contribution in [0.25, 0.3) is 0 Å². The van der Waals surface area contributed by atoms with Crippen LogP contribution in [0.4, 0.5) is 0 Å². The molecule has 1 aliphatic rings. The number of hydrogen-bond donors (Lipinski definition) is 0. The highest BCUT2D eigenvalue weighted by Crippen LogP contribution is 2.26. The zero-order valence-electron chi connectivity index (χ0n) is 9.21. The van der Waals surface area contributed by atoms with E-state index < -0.39 is 0 Å². The van der Waals surface area contributed by atoms with Crippen molar-refractivity contribution in [2.24, 2.45) is 5.92 Å². The first kappa shape index (κ1) is 11.6. The summed E-state index contributed by atoms with van der Waals surface area (Å²) >= 11 is 5.37. The van der Waals surface area contributed by atoms with Crippen LogP contribution in [-0.2, 0) is 6.54 Å². The van der Waals surface area contributed by atoms with E-state index >= 15 is 0 Å². The molecule has 1 unspecified atom stereocenters. The molecule has 0 spiro atoms. The van der Waals surface area contributed by atoms with E-state index in [1.807, 2.05) is 11.3 Å². The first-order valence-electron chi connectivity index (χ1n) is 5.73. The number of nitrogens with zero attached hydrogens (tertiary/aromatic N) is 1. The molecule has 84 valence electrons. The first-order valence-corrected chi connectivity index (χ1v) is 7.40. The zero-order chi connectivity index (χ0) is 10.7. The third-order valence-corrected chi connectivity index (χ3v) is 4.75. The van der Waals surface area contributed by atoms with Crippen LogP contribution in [0.1, 0.15) is 31.1 Å². The number of likely N-dealkylation sites (tertiary alicyclic amines) is 1. The quantitative estimate of drug-likeness (QED) is 0.805. The van der Waals surface area contributed by atoms with Crippen LogP contribution in [0.15, 0.2) is 15.9 Å². The molecule has 1 aromatic rings. The topological polar surface area (TPSA) is 3.24 Å². The minimum absolute atomic E-state index is 0.957. The van der Waals surface area contributed by atoms with Gasteiger partial charge in [0.2, 0.25) is 0 Å². The third kappa shape index (κ3) is 3.30. The van der Waals surface area contributed by atoms with Gasteiger partial charge >= 0.3 is 0 Å². The molecule has 1 saturated heterocycles. The fraction of sp³-hybridized carbons (Fsp3) is 0.667. The summed E-state index contributed by atoms with van der Waals surface area (Å²) in [6, 6.07) is 2.25. The molecule has 1 aliphatic heterocycles. The standard InChI is InChI=1S/C12H18BrNS/c1-2-3-10-4-5-14(7-10)8-12-6-11(13)9-15-12/h6,9-10H,2-5,7-8H2,1H3. The third-order valence-electron chi connectivity index (χ3n) is 3.07. The van der Waals surface area contributed by atoms with Gasteiger partial charge in [-0.25, -0.2) is 0 Å². The molecule has 1 fully saturated rings. The molecule has 1 aromatic heterocycles. The van der Waals surface area contributed by atoms with E-state index in [0.29, 0.717) is 0 Å². The van der Waals surface area contributed by atoms with Gasteiger partial charge in [0.25, 0.3) is 0 Å². The van der Waals surface area contributed by atoms with Gasteiger partial charge in [0, 0.05) is 27.8 Å². The van der Waals surface area contributed by atoms with Crippen molar-refractivity contribution in [2.75, 3.05) is 13.1 Å². The van der Waals surface area contributed by atoms with Gasteiger partial charge < -0.3 is 0 Å². The van der Waals surface area contributed by atoms with E-state index in [1.165, 1.54) is 41.7 Å². The summed E-state index contributed by atoms with van der Waals surface area (Å²) in [7, 11) is 0. The highest BCUT2D eigenvalue weighted by molar-refractivity contribution is 9.10. The summed E-state index contributed by atoms with van der Waals surface area (Å²) in [5, 5.41) is 2.18. The smallest absolute Gasteiger partial charge is 0.0328 e. The van der Waals surface area contributed by atoms with Gasteiger partial charge in [-0.15, -0.1) is 11.3 Å². The number of thiophene rings is 1. The van der Waals surface area contributed by atoms with Crippen molar-refractivity contribution in [3.63, 3.8) is 0 Å². The summed E-state index contributed by atoms with van der Waals surface area (Å²) in [4.78, 5) is 4.08. The van der Waals surface area contributed by atoms with E-state index in [0.717, 1.165) is 12.5 Å². The van der Waals surface area contributed by atoms with E-state index in [4.69, 9.17) is 0 Å². The Morgan fingerprint density at radius 1 is 1.60 bits per heavy atom. The van der Waals surface area contributed by atoms with Crippen LogP contribution in [-0.4, -0.2) is 18.0 Å². The molecule has 0 bridgehead atoms. The van der Waals surface area contributed by atoms with E-state index in [-0.39, 0.29) is 0 Å². The van der Waals surface area contributed by atoms with Gasteiger partial charge in [0.1, 0.15) is 0 Å². The van der Waals surface area contributed by atoms with Crippen LogP contribution < -0.4 is 0 Å². The molecule has 0 saturated carbocycles. The molecule has 15 heavy (non-hydrogen) atoms. The number of rotatable bonds is 4. The maximum absolute atomic E-state index is 3.51. The van der Waals surface area contributed by atoms with Crippen molar-refractivity contribution in [1.82, 2.24) is 4.90 Å². The lowest BCUT2D eigenvalue weighted by Gasteiger charge is -2.14. The Morgan fingerprint density at radius 3 is 3.13 bits per heavy atom. The predicted molar refractivity (Wildman–Crippen MR) is 70.3 cm³/mol. The molecule has 2 heterocycles. The number of hydrogen-bond acceptors (Lipinski definition) is 2. The van der Waals surface area contributed by atoms with Gasteiger partial charge in [0.15, 0.2) is 0 Å². The predicted octanol–water partition coefficient (Wildman–Crippen LogP) is 4.13. The molecular weight excluding hydrogens is 270 g/mol. The molecule has 0 amide bonds. The SMILES string of the molecule is CCCC1CCN(Cc2cc(Br)cs2)C1. The van der Waals surface area contributed by atoms with Crippen molar-refractivity contribution < 1.29 is 0 Å². The second-order valence-corrected chi connectivity index (χ2v) is 6.32. The Balaban J connectivity index is 1.82. The highest BCUT2D eigenvalue weighted by atomic mass is 79.9. The summed E-state index contributed by atoms with van der Waals surface area (Å²) in [6.07, 6.45) is 4.15. The normalized spacial score (nSPS) is 22.4. The molecule has 0 N–H and O–H groups in total. The zero-order valence-corrected chi connectivity index (χ0v) is 11.6. The second kappa shape index (κ2) is 5.46. The van der Waals surface area contributed by atoms with Crippen LogP contribution in [0.2, 0.25) is 0 Å².